The van der Waals surface area contributed by atoms with Gasteiger partial charge in [-0.25, -0.2) is 0 Å². The molecule has 2 heteroatoms. The number of carbonyl (C=O) groups excluding carboxylic acids is 1. The summed E-state index contributed by atoms with van der Waals surface area (Å²) in [7, 11) is 0. The van der Waals surface area contributed by atoms with Crippen LogP contribution >= 0.6 is 0 Å². The maximum atomic E-state index is 10.8. The van der Waals surface area contributed by atoms with E-state index >= 15 is 0 Å². The maximum absolute atomic E-state index is 10.8. The monoisotopic (exact) mass is 154 g/mol. The first-order valence-corrected chi connectivity index (χ1v) is 4.41. The van der Waals surface area contributed by atoms with Gasteiger partial charge in [-0.2, -0.15) is 0 Å². The van der Waals surface area contributed by atoms with Crippen molar-refractivity contribution in [2.75, 3.05) is 13.2 Å². The third kappa shape index (κ3) is 1.00. The predicted octanol–water partition coefficient (Wildman–Crippen LogP) is 1.39. The quantitative estimate of drug-likeness (QED) is 0.562. The molecule has 1 aliphatic carbocycles. The molecular weight excluding hydrogens is 140 g/mol. The summed E-state index contributed by atoms with van der Waals surface area (Å²) in [5.41, 5.74) is -0.0590. The van der Waals surface area contributed by atoms with Gasteiger partial charge in [0.2, 0.25) is 0 Å². The fourth-order valence-electron chi connectivity index (χ4n) is 2.24. The summed E-state index contributed by atoms with van der Waals surface area (Å²) >= 11 is 0. The lowest BCUT2D eigenvalue weighted by Crippen LogP contribution is -2.48. The fraction of sp³-hybridized carbons (Fsp3) is 0.889. The number of ether oxygens (including phenoxy) is 1. The van der Waals surface area contributed by atoms with Crippen molar-refractivity contribution >= 4 is 6.29 Å². The van der Waals surface area contributed by atoms with Crippen LogP contribution in [-0.4, -0.2) is 19.5 Å². The van der Waals surface area contributed by atoms with Crippen LogP contribution in [0.25, 0.3) is 0 Å². The van der Waals surface area contributed by atoms with Gasteiger partial charge in [0.1, 0.15) is 6.29 Å². The van der Waals surface area contributed by atoms with E-state index in [4.69, 9.17) is 4.74 Å². The minimum atomic E-state index is -0.0590. The maximum Gasteiger partial charge on any atom is 0.131 e. The Hall–Kier alpha value is -0.370. The molecule has 0 spiro atoms. The Morgan fingerprint density at radius 3 is 2.27 bits per heavy atom. The van der Waals surface area contributed by atoms with Gasteiger partial charge in [0.15, 0.2) is 0 Å². The number of carbonyl (C=O) groups is 1. The molecule has 11 heavy (non-hydrogen) atoms. The van der Waals surface area contributed by atoms with Crippen LogP contribution < -0.4 is 0 Å². The molecular formula is C9H14O2. The lowest BCUT2D eigenvalue weighted by molar-refractivity contribution is -0.159. The molecule has 0 unspecified atom stereocenters. The highest BCUT2D eigenvalue weighted by Crippen LogP contribution is 2.43. The van der Waals surface area contributed by atoms with Crippen LogP contribution in [0.2, 0.25) is 0 Å². The molecule has 2 nitrogen and oxygen atoms in total. The summed E-state index contributed by atoms with van der Waals surface area (Å²) in [6, 6.07) is 0. The van der Waals surface area contributed by atoms with E-state index in [2.05, 4.69) is 0 Å². The van der Waals surface area contributed by atoms with Gasteiger partial charge in [0.05, 0.1) is 18.6 Å². The molecule has 62 valence electrons. The number of aldehydes is 1. The lowest BCUT2D eigenvalue weighted by atomic mass is 9.74. The van der Waals surface area contributed by atoms with Gasteiger partial charge in [-0.1, -0.05) is 12.8 Å². The first-order valence-electron chi connectivity index (χ1n) is 4.41. The molecule has 1 saturated heterocycles. The molecule has 1 aliphatic heterocycles. The average Bonchev–Trinajstić information content (AvgIpc) is 2.39. The summed E-state index contributed by atoms with van der Waals surface area (Å²) in [5.74, 6) is 0.633. The Morgan fingerprint density at radius 2 is 1.91 bits per heavy atom. The zero-order valence-electron chi connectivity index (χ0n) is 6.71. The van der Waals surface area contributed by atoms with E-state index in [1.54, 1.807) is 0 Å². The molecule has 2 fully saturated rings. The minimum absolute atomic E-state index is 0.0590. The largest absolute Gasteiger partial charge is 0.379 e. The third-order valence-corrected chi connectivity index (χ3v) is 3.14. The van der Waals surface area contributed by atoms with E-state index < -0.39 is 0 Å². The second-order valence-corrected chi connectivity index (χ2v) is 3.83. The van der Waals surface area contributed by atoms with Crippen molar-refractivity contribution in [1.82, 2.24) is 0 Å². The Morgan fingerprint density at radius 1 is 1.27 bits per heavy atom. The molecule has 0 aromatic rings. The van der Waals surface area contributed by atoms with Crippen molar-refractivity contribution in [3.8, 4) is 0 Å². The molecule has 1 heterocycles. The van der Waals surface area contributed by atoms with Crippen LogP contribution in [0.4, 0.5) is 0 Å². The van der Waals surface area contributed by atoms with Crippen LogP contribution in [0.1, 0.15) is 25.7 Å². The van der Waals surface area contributed by atoms with E-state index in [1.165, 1.54) is 25.7 Å². The van der Waals surface area contributed by atoms with Crippen LogP contribution in [0.15, 0.2) is 0 Å². The van der Waals surface area contributed by atoms with E-state index in [-0.39, 0.29) is 5.41 Å². The summed E-state index contributed by atoms with van der Waals surface area (Å²) in [6.45, 7) is 1.36. The summed E-state index contributed by atoms with van der Waals surface area (Å²) in [5, 5.41) is 0. The van der Waals surface area contributed by atoms with Gasteiger partial charge in [0.25, 0.3) is 0 Å². The van der Waals surface area contributed by atoms with E-state index in [0.29, 0.717) is 19.1 Å². The SMILES string of the molecule is O=CC1(C2CCCC2)COC1. The second kappa shape index (κ2) is 2.59. The summed E-state index contributed by atoms with van der Waals surface area (Å²) < 4.78 is 5.11. The predicted molar refractivity (Wildman–Crippen MR) is 41.3 cm³/mol. The number of hydrogen-bond acceptors (Lipinski definition) is 2. The van der Waals surface area contributed by atoms with Crippen molar-refractivity contribution < 1.29 is 9.53 Å². The van der Waals surface area contributed by atoms with Crippen molar-refractivity contribution in [1.29, 1.82) is 0 Å². The van der Waals surface area contributed by atoms with Gasteiger partial charge in [-0.3, -0.25) is 0 Å². The number of hydrogen-bond donors (Lipinski definition) is 0. The molecule has 2 rings (SSSR count). The highest BCUT2D eigenvalue weighted by molar-refractivity contribution is 5.61. The Bertz CT molecular complexity index is 155. The molecule has 0 atom stereocenters. The smallest absolute Gasteiger partial charge is 0.131 e. The topological polar surface area (TPSA) is 26.3 Å². The van der Waals surface area contributed by atoms with Gasteiger partial charge in [0, 0.05) is 0 Å². The minimum Gasteiger partial charge on any atom is -0.379 e. The van der Waals surface area contributed by atoms with Crippen molar-refractivity contribution in [2.24, 2.45) is 11.3 Å². The molecule has 0 N–H and O–H groups in total. The highest BCUT2D eigenvalue weighted by Gasteiger charge is 2.46. The van der Waals surface area contributed by atoms with Gasteiger partial charge < -0.3 is 9.53 Å². The second-order valence-electron chi connectivity index (χ2n) is 3.83. The van der Waals surface area contributed by atoms with Crippen LogP contribution in [-0.2, 0) is 9.53 Å². The van der Waals surface area contributed by atoms with Crippen molar-refractivity contribution in [3.05, 3.63) is 0 Å². The van der Waals surface area contributed by atoms with E-state index in [0.717, 1.165) is 6.29 Å². The molecule has 0 aromatic heterocycles. The molecule has 0 aromatic carbocycles. The highest BCUT2D eigenvalue weighted by atomic mass is 16.5. The Kier molecular flexibility index (Phi) is 1.72. The standard InChI is InChI=1S/C9H14O2/c10-5-9(6-11-7-9)8-3-1-2-4-8/h5,8H,1-4,6-7H2. The lowest BCUT2D eigenvalue weighted by Gasteiger charge is -2.41. The molecule has 0 radical (unpaired) electrons. The van der Waals surface area contributed by atoms with Crippen LogP contribution in [0.5, 0.6) is 0 Å². The first kappa shape index (κ1) is 7.29. The Balaban J connectivity index is 2.04. The molecule has 0 amide bonds. The third-order valence-electron chi connectivity index (χ3n) is 3.14. The summed E-state index contributed by atoms with van der Waals surface area (Å²) in [6.07, 6.45) is 6.22. The molecule has 0 bridgehead atoms. The molecule has 2 aliphatic rings. The van der Waals surface area contributed by atoms with Crippen LogP contribution in [0.3, 0.4) is 0 Å². The van der Waals surface area contributed by atoms with E-state index in [1.807, 2.05) is 0 Å². The van der Waals surface area contributed by atoms with E-state index in [9.17, 15) is 4.79 Å². The molecule has 1 saturated carbocycles. The van der Waals surface area contributed by atoms with Gasteiger partial charge in [-0.15, -0.1) is 0 Å². The van der Waals surface area contributed by atoms with Crippen LogP contribution in [0, 0.1) is 11.3 Å². The zero-order chi connectivity index (χ0) is 7.73. The van der Waals surface area contributed by atoms with Gasteiger partial charge >= 0.3 is 0 Å². The fourth-order valence-corrected chi connectivity index (χ4v) is 2.24. The van der Waals surface area contributed by atoms with Crippen molar-refractivity contribution in [3.63, 3.8) is 0 Å². The summed E-state index contributed by atoms with van der Waals surface area (Å²) in [4.78, 5) is 10.8. The zero-order valence-corrected chi connectivity index (χ0v) is 6.71. The number of rotatable bonds is 2. The average molecular weight is 154 g/mol. The van der Waals surface area contributed by atoms with Gasteiger partial charge in [-0.05, 0) is 18.8 Å². The Labute approximate surface area is 66.9 Å². The first-order chi connectivity index (χ1) is 5.37. The van der Waals surface area contributed by atoms with Crippen molar-refractivity contribution in [2.45, 2.75) is 25.7 Å². The normalized spacial score (nSPS) is 29.8.